The molecular formula is C9H11ClN2O3. The number of carbonyl (C=O) groups is 1. The maximum absolute atomic E-state index is 10.7. The Hall–Kier alpha value is -1.33. The number of aliphatic hydroxyl groups excluding tert-OH is 1. The van der Waals surface area contributed by atoms with Gasteiger partial charge in [0.2, 0.25) is 0 Å². The van der Waals surface area contributed by atoms with Crippen LogP contribution in [0, 0.1) is 0 Å². The first-order valence-electron chi connectivity index (χ1n) is 4.31. The second-order valence-corrected chi connectivity index (χ2v) is 3.49. The minimum Gasteiger partial charge on any atom is -0.478 e. The molecule has 1 aromatic rings. The number of nitrogens with one attached hydrogen (secondary N) is 1. The van der Waals surface area contributed by atoms with Crippen molar-refractivity contribution in [2.45, 2.75) is 13.0 Å². The van der Waals surface area contributed by atoms with Crippen molar-refractivity contribution in [3.8, 4) is 0 Å². The Balaban J connectivity index is 2.92. The Morgan fingerprint density at radius 2 is 2.40 bits per heavy atom. The van der Waals surface area contributed by atoms with Crippen LogP contribution in [0.1, 0.15) is 17.3 Å². The molecule has 0 aliphatic rings. The van der Waals surface area contributed by atoms with Crippen LogP contribution in [0.4, 0.5) is 5.82 Å². The molecule has 1 unspecified atom stereocenters. The summed E-state index contributed by atoms with van der Waals surface area (Å²) in [6, 6.07) is 1.14. The van der Waals surface area contributed by atoms with Crippen LogP contribution in [0.3, 0.4) is 0 Å². The highest BCUT2D eigenvalue weighted by Gasteiger charge is 2.11. The molecule has 0 amide bonds. The first-order valence-corrected chi connectivity index (χ1v) is 4.68. The highest BCUT2D eigenvalue weighted by molar-refractivity contribution is 6.33. The lowest BCUT2D eigenvalue weighted by Gasteiger charge is -2.11. The zero-order valence-corrected chi connectivity index (χ0v) is 8.82. The first kappa shape index (κ1) is 11.7. The Labute approximate surface area is 91.7 Å². The molecule has 0 radical (unpaired) electrons. The van der Waals surface area contributed by atoms with Gasteiger partial charge in [0.05, 0.1) is 17.2 Å². The van der Waals surface area contributed by atoms with Crippen LogP contribution in [0.2, 0.25) is 5.02 Å². The van der Waals surface area contributed by atoms with E-state index in [1.807, 2.05) is 0 Å². The van der Waals surface area contributed by atoms with Crippen molar-refractivity contribution in [1.82, 2.24) is 4.98 Å². The Bertz CT molecular complexity index is 370. The summed E-state index contributed by atoms with van der Waals surface area (Å²) >= 11 is 5.64. The third kappa shape index (κ3) is 3.07. The van der Waals surface area contributed by atoms with E-state index in [4.69, 9.17) is 21.8 Å². The molecule has 0 saturated heterocycles. The molecular weight excluding hydrogens is 220 g/mol. The van der Waals surface area contributed by atoms with Gasteiger partial charge in [0.25, 0.3) is 0 Å². The summed E-state index contributed by atoms with van der Waals surface area (Å²) < 4.78 is 0. The van der Waals surface area contributed by atoms with Gasteiger partial charge in [0.15, 0.2) is 0 Å². The summed E-state index contributed by atoms with van der Waals surface area (Å²) in [4.78, 5) is 14.6. The SMILES string of the molecule is CC(CO)Nc1cc(C(=O)O)c(Cl)cn1. The summed E-state index contributed by atoms with van der Waals surface area (Å²) in [6.45, 7) is 1.68. The van der Waals surface area contributed by atoms with E-state index in [0.717, 1.165) is 0 Å². The van der Waals surface area contributed by atoms with Crippen molar-refractivity contribution >= 4 is 23.4 Å². The maximum atomic E-state index is 10.7. The van der Waals surface area contributed by atoms with E-state index in [9.17, 15) is 4.79 Å². The number of hydrogen-bond acceptors (Lipinski definition) is 4. The monoisotopic (exact) mass is 230 g/mol. The van der Waals surface area contributed by atoms with Crippen LogP contribution in [-0.2, 0) is 0 Å². The number of anilines is 1. The second kappa shape index (κ2) is 4.95. The summed E-state index contributed by atoms with van der Waals surface area (Å²) in [7, 11) is 0. The molecule has 0 bridgehead atoms. The van der Waals surface area contributed by atoms with Gasteiger partial charge in [-0.2, -0.15) is 0 Å². The van der Waals surface area contributed by atoms with Crippen LogP contribution < -0.4 is 5.32 Å². The van der Waals surface area contributed by atoms with Crippen molar-refractivity contribution in [3.63, 3.8) is 0 Å². The Morgan fingerprint density at radius 3 is 2.93 bits per heavy atom. The predicted octanol–water partition coefficient (Wildman–Crippen LogP) is 1.23. The first-order chi connectivity index (χ1) is 7.04. The van der Waals surface area contributed by atoms with E-state index in [1.54, 1.807) is 6.92 Å². The molecule has 5 nitrogen and oxygen atoms in total. The molecule has 1 aromatic heterocycles. The molecule has 0 spiro atoms. The minimum absolute atomic E-state index is 0.0145. The van der Waals surface area contributed by atoms with Gasteiger partial charge < -0.3 is 15.5 Å². The zero-order chi connectivity index (χ0) is 11.4. The van der Waals surface area contributed by atoms with Gasteiger partial charge >= 0.3 is 5.97 Å². The summed E-state index contributed by atoms with van der Waals surface area (Å²) in [5.41, 5.74) is -0.0145. The number of aromatic nitrogens is 1. The molecule has 0 fully saturated rings. The fourth-order valence-corrected chi connectivity index (χ4v) is 1.16. The van der Waals surface area contributed by atoms with Crippen molar-refractivity contribution in [3.05, 3.63) is 22.8 Å². The molecule has 0 saturated carbocycles. The van der Waals surface area contributed by atoms with Crippen molar-refractivity contribution in [2.24, 2.45) is 0 Å². The fraction of sp³-hybridized carbons (Fsp3) is 0.333. The van der Waals surface area contributed by atoms with Crippen molar-refractivity contribution in [1.29, 1.82) is 0 Å². The quantitative estimate of drug-likeness (QED) is 0.725. The third-order valence-corrected chi connectivity index (χ3v) is 2.06. The lowest BCUT2D eigenvalue weighted by atomic mass is 10.2. The predicted molar refractivity (Wildman–Crippen MR) is 56.4 cm³/mol. The van der Waals surface area contributed by atoms with Crippen LogP contribution in [-0.4, -0.2) is 33.8 Å². The van der Waals surface area contributed by atoms with Crippen LogP contribution in [0.15, 0.2) is 12.3 Å². The van der Waals surface area contributed by atoms with E-state index in [1.165, 1.54) is 12.3 Å². The number of nitrogens with zero attached hydrogens (tertiary/aromatic N) is 1. The van der Waals surface area contributed by atoms with Gasteiger partial charge in [0.1, 0.15) is 5.82 Å². The number of hydrogen-bond donors (Lipinski definition) is 3. The fourth-order valence-electron chi connectivity index (χ4n) is 0.980. The average Bonchev–Trinajstić information content (AvgIpc) is 2.20. The smallest absolute Gasteiger partial charge is 0.337 e. The molecule has 6 heteroatoms. The number of aromatic carboxylic acids is 1. The molecule has 0 aromatic carbocycles. The van der Waals surface area contributed by atoms with Crippen molar-refractivity contribution < 1.29 is 15.0 Å². The number of halogens is 1. The number of rotatable bonds is 4. The lowest BCUT2D eigenvalue weighted by Crippen LogP contribution is -2.20. The van der Waals surface area contributed by atoms with Gasteiger partial charge in [-0.25, -0.2) is 9.78 Å². The third-order valence-electron chi connectivity index (χ3n) is 1.75. The molecule has 1 heterocycles. The van der Waals surface area contributed by atoms with Gasteiger partial charge in [-0.05, 0) is 13.0 Å². The van der Waals surface area contributed by atoms with Gasteiger partial charge in [-0.15, -0.1) is 0 Å². The van der Waals surface area contributed by atoms with Gasteiger partial charge in [-0.3, -0.25) is 0 Å². The molecule has 0 aliphatic carbocycles. The van der Waals surface area contributed by atoms with Gasteiger partial charge in [0, 0.05) is 12.2 Å². The summed E-state index contributed by atoms with van der Waals surface area (Å²) in [6.07, 6.45) is 1.26. The Morgan fingerprint density at radius 1 is 1.73 bits per heavy atom. The number of pyridine rings is 1. The minimum atomic E-state index is -1.11. The zero-order valence-electron chi connectivity index (χ0n) is 8.07. The number of aliphatic hydroxyl groups is 1. The van der Waals surface area contributed by atoms with Gasteiger partial charge in [-0.1, -0.05) is 11.6 Å². The lowest BCUT2D eigenvalue weighted by molar-refractivity contribution is 0.0697. The van der Waals surface area contributed by atoms with Crippen molar-refractivity contribution in [2.75, 3.05) is 11.9 Å². The van der Waals surface area contributed by atoms with Crippen LogP contribution in [0.25, 0.3) is 0 Å². The molecule has 15 heavy (non-hydrogen) atoms. The largest absolute Gasteiger partial charge is 0.478 e. The van der Waals surface area contributed by atoms with E-state index in [2.05, 4.69) is 10.3 Å². The second-order valence-electron chi connectivity index (χ2n) is 3.08. The molecule has 1 rings (SSSR count). The highest BCUT2D eigenvalue weighted by atomic mass is 35.5. The summed E-state index contributed by atoms with van der Waals surface area (Å²) in [5, 5.41) is 20.5. The standard InChI is InChI=1S/C9H11ClN2O3/c1-5(4-13)12-8-2-6(9(14)15)7(10)3-11-8/h2-3,5,13H,4H2,1H3,(H,11,12)(H,14,15). The molecule has 3 N–H and O–H groups in total. The number of carboxylic acid groups (broad SMARTS) is 1. The highest BCUT2D eigenvalue weighted by Crippen LogP contribution is 2.18. The van der Waals surface area contributed by atoms with Crippen LogP contribution >= 0.6 is 11.6 Å². The van der Waals surface area contributed by atoms with E-state index < -0.39 is 5.97 Å². The topological polar surface area (TPSA) is 82.5 Å². The average molecular weight is 231 g/mol. The van der Waals surface area contributed by atoms with E-state index in [0.29, 0.717) is 5.82 Å². The van der Waals surface area contributed by atoms with E-state index in [-0.39, 0.29) is 23.2 Å². The molecule has 0 aliphatic heterocycles. The Kier molecular flexibility index (Phi) is 3.88. The van der Waals surface area contributed by atoms with E-state index >= 15 is 0 Å². The number of carboxylic acids is 1. The van der Waals surface area contributed by atoms with Crippen LogP contribution in [0.5, 0.6) is 0 Å². The molecule has 1 atom stereocenters. The molecule has 82 valence electrons. The summed E-state index contributed by atoms with van der Waals surface area (Å²) in [5.74, 6) is -0.736. The maximum Gasteiger partial charge on any atom is 0.337 e. The normalized spacial score (nSPS) is 12.2.